The Labute approximate surface area is 267 Å². The fourth-order valence-corrected chi connectivity index (χ4v) is 7.16. The largest absolute Gasteiger partial charge is 0.310 e. The van der Waals surface area contributed by atoms with E-state index in [1.807, 2.05) is 73.0 Å². The molecule has 8 aromatic rings. The second-order valence-corrected chi connectivity index (χ2v) is 11.8. The van der Waals surface area contributed by atoms with Crippen LogP contribution in [0, 0.1) is 5.92 Å². The lowest BCUT2D eigenvalue weighted by atomic mass is 10.0. The average molecular weight is 598 g/mol. The summed E-state index contributed by atoms with van der Waals surface area (Å²) in [6.45, 7) is 6.25. The van der Waals surface area contributed by atoms with Crippen LogP contribution in [0.3, 0.4) is 0 Å². The second-order valence-electron chi connectivity index (χ2n) is 11.8. The summed E-state index contributed by atoms with van der Waals surface area (Å²) in [7, 11) is 0. The van der Waals surface area contributed by atoms with Gasteiger partial charge in [0.25, 0.3) is 5.56 Å². The molecule has 3 aromatic heterocycles. The van der Waals surface area contributed by atoms with E-state index >= 15 is 0 Å². The molecule has 0 saturated carbocycles. The Morgan fingerprint density at radius 3 is 1.78 bits per heavy atom. The third-order valence-electron chi connectivity index (χ3n) is 9.16. The molecule has 0 spiro atoms. The first-order valence-corrected chi connectivity index (χ1v) is 16.2. The number of hydrogen-bond donors (Lipinski definition) is 0. The average Bonchev–Trinajstić information content (AvgIpc) is 3.62. The van der Waals surface area contributed by atoms with Crippen LogP contribution in [0.4, 0.5) is 0 Å². The molecule has 1 aliphatic carbocycles. The van der Waals surface area contributed by atoms with E-state index in [1.165, 1.54) is 22.0 Å². The summed E-state index contributed by atoms with van der Waals surface area (Å²) in [6, 6.07) is 41.8. The highest BCUT2D eigenvalue weighted by Gasteiger charge is 2.24. The molecule has 224 valence electrons. The first-order chi connectivity index (χ1) is 22.7. The van der Waals surface area contributed by atoms with Crippen LogP contribution in [0.25, 0.3) is 71.6 Å². The van der Waals surface area contributed by atoms with Gasteiger partial charge in [0, 0.05) is 44.0 Å². The molecule has 3 heterocycles. The SMILES string of the molecule is CC.CC1C=CC(n2c3ccccc3c3cc4c5c6ccccc6n(-c6ccccc6)c(=O)c5n(-c5ccccc5)c4cc32)=CC1. The Kier molecular flexibility index (Phi) is 6.72. The Bertz CT molecular complexity index is 2540. The lowest BCUT2D eigenvalue weighted by Gasteiger charge is -2.15. The molecular weight excluding hydrogens is 562 g/mol. The minimum atomic E-state index is -0.0331. The van der Waals surface area contributed by atoms with E-state index in [2.05, 4.69) is 101 Å². The van der Waals surface area contributed by atoms with Crippen LogP contribution in [-0.4, -0.2) is 13.7 Å². The lowest BCUT2D eigenvalue weighted by Crippen LogP contribution is -2.21. The number of nitrogens with zero attached hydrogens (tertiary/aromatic N) is 3. The fraction of sp³-hybridized carbons (Fsp3) is 0.119. The number of rotatable bonds is 3. The third kappa shape index (κ3) is 4.10. The maximum absolute atomic E-state index is 14.8. The first kappa shape index (κ1) is 27.9. The van der Waals surface area contributed by atoms with Crippen LogP contribution >= 0.6 is 0 Å². The van der Waals surface area contributed by atoms with E-state index < -0.39 is 0 Å². The van der Waals surface area contributed by atoms with E-state index in [1.54, 1.807) is 0 Å². The van der Waals surface area contributed by atoms with Crippen molar-refractivity contribution in [3.63, 3.8) is 0 Å². The molecule has 0 saturated heterocycles. The van der Waals surface area contributed by atoms with Crippen molar-refractivity contribution in [1.82, 2.24) is 13.7 Å². The minimum absolute atomic E-state index is 0.0331. The molecule has 1 aliphatic rings. The van der Waals surface area contributed by atoms with Crippen LogP contribution in [0.5, 0.6) is 0 Å². The van der Waals surface area contributed by atoms with Crippen molar-refractivity contribution in [3.05, 3.63) is 150 Å². The number of fused-ring (bicyclic) bond motifs is 8. The van der Waals surface area contributed by atoms with Crippen molar-refractivity contribution in [2.75, 3.05) is 0 Å². The number of allylic oxidation sites excluding steroid dienone is 4. The quantitative estimate of drug-likeness (QED) is 0.199. The van der Waals surface area contributed by atoms with Crippen LogP contribution in [-0.2, 0) is 0 Å². The first-order valence-electron chi connectivity index (χ1n) is 16.2. The topological polar surface area (TPSA) is 31.9 Å². The van der Waals surface area contributed by atoms with E-state index in [4.69, 9.17) is 0 Å². The standard InChI is InChI=1S/C40H29N3O.C2H6/c1-26-20-22-29(23-21-26)41-34-18-10-8-16-30(34)32-24-33-37(25-36(32)41)42(27-12-4-2-5-13-27)39-38(33)31-17-9-11-19-35(31)43(40(39)44)28-14-6-3-7-15-28;1-2/h2-20,22-26H,21H2,1H3;1-2H3. The summed E-state index contributed by atoms with van der Waals surface area (Å²) < 4.78 is 6.43. The zero-order valence-corrected chi connectivity index (χ0v) is 26.3. The molecule has 0 N–H and O–H groups in total. The van der Waals surface area contributed by atoms with Gasteiger partial charge in [0.1, 0.15) is 5.52 Å². The second kappa shape index (κ2) is 11.1. The van der Waals surface area contributed by atoms with Crippen molar-refractivity contribution in [1.29, 1.82) is 0 Å². The highest BCUT2D eigenvalue weighted by molar-refractivity contribution is 6.25. The molecule has 0 bridgehead atoms. The van der Waals surface area contributed by atoms with Gasteiger partial charge in [-0.1, -0.05) is 106 Å². The number of hydrogen-bond acceptors (Lipinski definition) is 1. The van der Waals surface area contributed by atoms with Crippen molar-refractivity contribution in [2.24, 2.45) is 5.92 Å². The summed E-state index contributed by atoms with van der Waals surface area (Å²) >= 11 is 0. The van der Waals surface area contributed by atoms with Crippen molar-refractivity contribution >= 4 is 60.2 Å². The van der Waals surface area contributed by atoms with Gasteiger partial charge in [0.05, 0.1) is 22.1 Å². The molecule has 9 rings (SSSR count). The molecule has 4 nitrogen and oxygen atoms in total. The van der Waals surface area contributed by atoms with Crippen molar-refractivity contribution in [3.8, 4) is 11.4 Å². The van der Waals surface area contributed by atoms with Crippen LogP contribution in [0.1, 0.15) is 27.2 Å². The Hall–Kier alpha value is -5.61. The molecule has 0 amide bonds. The Balaban J connectivity index is 0.00000153. The molecular formula is C42H35N3O. The number of benzene rings is 5. The monoisotopic (exact) mass is 597 g/mol. The molecule has 5 aromatic carbocycles. The summed E-state index contributed by atoms with van der Waals surface area (Å²) in [5.74, 6) is 0.527. The number of para-hydroxylation sites is 4. The van der Waals surface area contributed by atoms with Gasteiger partial charge in [0.15, 0.2) is 0 Å². The Morgan fingerprint density at radius 2 is 1.13 bits per heavy atom. The summed E-state index contributed by atoms with van der Waals surface area (Å²) in [4.78, 5) is 14.8. The van der Waals surface area contributed by atoms with Gasteiger partial charge in [-0.15, -0.1) is 0 Å². The molecule has 1 atom stereocenters. The highest BCUT2D eigenvalue weighted by atomic mass is 16.1. The third-order valence-corrected chi connectivity index (χ3v) is 9.16. The highest BCUT2D eigenvalue weighted by Crippen LogP contribution is 2.41. The molecule has 0 aliphatic heterocycles. The normalized spacial score (nSPS) is 14.7. The van der Waals surface area contributed by atoms with Gasteiger partial charge in [-0.25, -0.2) is 0 Å². The van der Waals surface area contributed by atoms with E-state index in [0.717, 1.165) is 50.5 Å². The molecule has 1 unspecified atom stereocenters. The van der Waals surface area contributed by atoms with Gasteiger partial charge in [-0.3, -0.25) is 9.36 Å². The van der Waals surface area contributed by atoms with Gasteiger partial charge in [0.2, 0.25) is 0 Å². The van der Waals surface area contributed by atoms with Gasteiger partial charge in [-0.2, -0.15) is 0 Å². The lowest BCUT2D eigenvalue weighted by molar-refractivity contribution is 0.735. The van der Waals surface area contributed by atoms with Gasteiger partial charge in [-0.05, 0) is 66.9 Å². The van der Waals surface area contributed by atoms with Gasteiger partial charge < -0.3 is 9.13 Å². The smallest absolute Gasteiger partial charge is 0.280 e. The fourth-order valence-electron chi connectivity index (χ4n) is 7.16. The number of pyridine rings is 1. The van der Waals surface area contributed by atoms with Crippen LogP contribution < -0.4 is 5.56 Å². The van der Waals surface area contributed by atoms with E-state index in [9.17, 15) is 4.79 Å². The van der Waals surface area contributed by atoms with E-state index in [0.29, 0.717) is 11.4 Å². The summed E-state index contributed by atoms with van der Waals surface area (Å²) in [5, 5.41) is 5.51. The summed E-state index contributed by atoms with van der Waals surface area (Å²) in [5.41, 5.74) is 7.90. The van der Waals surface area contributed by atoms with Crippen molar-refractivity contribution < 1.29 is 0 Å². The minimum Gasteiger partial charge on any atom is -0.310 e. The maximum Gasteiger partial charge on any atom is 0.280 e. The molecule has 0 radical (unpaired) electrons. The molecule has 0 fully saturated rings. The maximum atomic E-state index is 14.8. The van der Waals surface area contributed by atoms with Crippen molar-refractivity contribution in [2.45, 2.75) is 27.2 Å². The predicted molar refractivity (Wildman–Crippen MR) is 195 cm³/mol. The molecule has 46 heavy (non-hydrogen) atoms. The molecule has 4 heteroatoms. The Morgan fingerprint density at radius 1 is 0.565 bits per heavy atom. The van der Waals surface area contributed by atoms with Crippen LogP contribution in [0.2, 0.25) is 0 Å². The predicted octanol–water partition coefficient (Wildman–Crippen LogP) is 10.7. The zero-order chi connectivity index (χ0) is 31.4. The van der Waals surface area contributed by atoms with Crippen LogP contribution in [0.15, 0.2) is 144 Å². The number of aromatic nitrogens is 3. The summed E-state index contributed by atoms with van der Waals surface area (Å²) in [6.07, 6.45) is 7.91. The van der Waals surface area contributed by atoms with E-state index in [-0.39, 0.29) is 5.56 Å². The van der Waals surface area contributed by atoms with Gasteiger partial charge >= 0.3 is 0 Å². The zero-order valence-electron chi connectivity index (χ0n) is 26.3.